The minimum Gasteiger partial charge on any atom is -0.393 e. The third kappa shape index (κ3) is 5.82. The van der Waals surface area contributed by atoms with Crippen LogP contribution in [0.5, 0.6) is 0 Å². The van der Waals surface area contributed by atoms with E-state index in [1.165, 1.54) is 0 Å². The van der Waals surface area contributed by atoms with Crippen LogP contribution in [-0.2, 0) is 0 Å². The molecule has 0 aromatic carbocycles. The van der Waals surface area contributed by atoms with Crippen molar-refractivity contribution in [3.8, 4) is 11.8 Å². The first-order valence-corrected chi connectivity index (χ1v) is 11.0. The number of halogens is 6. The SMILES string of the molecule is [2H]C([2H])([2H])C(O)(CCC[C@](C)(CC#CC(O)(C(F)(F)F)C(F)(F)F)[C@H]1CC[C@H]2[C@@H](O)CCC[C@]12C)C([2H])([2H])[2H]. The van der Waals surface area contributed by atoms with Crippen molar-refractivity contribution in [2.24, 2.45) is 22.7 Å². The Labute approximate surface area is 200 Å². The van der Waals surface area contributed by atoms with Crippen LogP contribution in [0.15, 0.2) is 0 Å². The predicted molar refractivity (Wildman–Crippen MR) is 112 cm³/mol. The van der Waals surface area contributed by atoms with Crippen LogP contribution in [0, 0.1) is 34.5 Å². The topological polar surface area (TPSA) is 60.7 Å². The molecule has 5 atom stereocenters. The van der Waals surface area contributed by atoms with Gasteiger partial charge in [0.2, 0.25) is 0 Å². The van der Waals surface area contributed by atoms with E-state index in [0.29, 0.717) is 32.1 Å². The van der Waals surface area contributed by atoms with Gasteiger partial charge in [-0.1, -0.05) is 32.6 Å². The molecular formula is C24H36F6O3. The van der Waals surface area contributed by atoms with E-state index in [9.17, 15) is 41.7 Å². The Balaban J connectivity index is 2.47. The molecule has 0 aromatic heterocycles. The summed E-state index contributed by atoms with van der Waals surface area (Å²) in [6.45, 7) is -3.11. The molecule has 192 valence electrons. The summed E-state index contributed by atoms with van der Waals surface area (Å²) >= 11 is 0. The average Bonchev–Trinajstić information content (AvgIpc) is 3.09. The number of rotatable bonds is 6. The Morgan fingerprint density at radius 2 is 1.61 bits per heavy atom. The Morgan fingerprint density at radius 3 is 2.15 bits per heavy atom. The quantitative estimate of drug-likeness (QED) is 0.326. The third-order valence-electron chi connectivity index (χ3n) is 7.80. The van der Waals surface area contributed by atoms with E-state index in [0.717, 1.165) is 5.92 Å². The van der Waals surface area contributed by atoms with E-state index in [2.05, 4.69) is 0 Å². The van der Waals surface area contributed by atoms with Crippen LogP contribution in [0.2, 0.25) is 0 Å². The van der Waals surface area contributed by atoms with Crippen LogP contribution >= 0.6 is 0 Å². The Hall–Kier alpha value is -0.980. The zero-order chi connectivity index (χ0) is 30.5. The summed E-state index contributed by atoms with van der Waals surface area (Å²) < 4.78 is 124. The molecule has 2 rings (SSSR count). The molecule has 2 aliphatic carbocycles. The van der Waals surface area contributed by atoms with Crippen LogP contribution < -0.4 is 0 Å². The molecule has 0 radical (unpaired) electrons. The molecule has 33 heavy (non-hydrogen) atoms. The second kappa shape index (κ2) is 9.23. The highest BCUT2D eigenvalue weighted by molar-refractivity contribution is 5.22. The number of hydrogen-bond donors (Lipinski definition) is 3. The van der Waals surface area contributed by atoms with Crippen molar-refractivity contribution in [2.75, 3.05) is 0 Å². The molecule has 0 amide bonds. The van der Waals surface area contributed by atoms with Crippen molar-refractivity contribution in [3.63, 3.8) is 0 Å². The van der Waals surface area contributed by atoms with Crippen LogP contribution in [-0.4, -0.2) is 45.0 Å². The fraction of sp³-hybridized carbons (Fsp3) is 0.917. The van der Waals surface area contributed by atoms with E-state index in [1.807, 2.05) is 12.8 Å². The van der Waals surface area contributed by atoms with Gasteiger partial charge in [-0.05, 0) is 80.8 Å². The van der Waals surface area contributed by atoms with E-state index >= 15 is 0 Å². The number of alkyl halides is 6. The van der Waals surface area contributed by atoms with Crippen LogP contribution in [0.3, 0.4) is 0 Å². The highest BCUT2D eigenvalue weighted by Gasteiger charge is 2.70. The van der Waals surface area contributed by atoms with Gasteiger partial charge in [0.15, 0.2) is 0 Å². The zero-order valence-electron chi connectivity index (χ0n) is 24.7. The second-order valence-electron chi connectivity index (χ2n) is 10.3. The van der Waals surface area contributed by atoms with Gasteiger partial charge in [-0.3, -0.25) is 0 Å². The van der Waals surface area contributed by atoms with Crippen LogP contribution in [0.1, 0.15) is 93.6 Å². The molecule has 3 N–H and O–H groups in total. The van der Waals surface area contributed by atoms with Crippen molar-refractivity contribution >= 4 is 0 Å². The van der Waals surface area contributed by atoms with Gasteiger partial charge in [-0.15, -0.1) is 0 Å². The predicted octanol–water partition coefficient (Wildman–Crippen LogP) is 5.76. The molecule has 0 spiro atoms. The highest BCUT2D eigenvalue weighted by atomic mass is 19.4. The third-order valence-corrected chi connectivity index (χ3v) is 7.80. The molecule has 0 unspecified atom stereocenters. The van der Waals surface area contributed by atoms with Gasteiger partial charge in [-0.2, -0.15) is 26.3 Å². The van der Waals surface area contributed by atoms with Gasteiger partial charge >= 0.3 is 18.0 Å². The fourth-order valence-electron chi connectivity index (χ4n) is 6.10. The first-order chi connectivity index (χ1) is 17.3. The van der Waals surface area contributed by atoms with Gasteiger partial charge in [0.05, 0.1) is 11.7 Å². The normalized spacial score (nSPS) is 34.3. The van der Waals surface area contributed by atoms with E-state index in [4.69, 9.17) is 8.22 Å². The smallest absolute Gasteiger partial charge is 0.393 e. The number of fused-ring (bicyclic) bond motifs is 1. The van der Waals surface area contributed by atoms with E-state index in [1.54, 1.807) is 6.92 Å². The van der Waals surface area contributed by atoms with Gasteiger partial charge in [-0.25, -0.2) is 0 Å². The van der Waals surface area contributed by atoms with Crippen LogP contribution in [0.25, 0.3) is 0 Å². The Kier molecular flexibility index (Phi) is 5.66. The van der Waals surface area contributed by atoms with Crippen molar-refractivity contribution in [1.29, 1.82) is 0 Å². The van der Waals surface area contributed by atoms with E-state index < -0.39 is 67.0 Å². The summed E-state index contributed by atoms with van der Waals surface area (Å²) in [5.41, 5.74) is -10.0. The molecule has 2 saturated carbocycles. The van der Waals surface area contributed by atoms with Crippen molar-refractivity contribution < 1.29 is 49.9 Å². The van der Waals surface area contributed by atoms with Crippen molar-refractivity contribution in [3.05, 3.63) is 0 Å². The second-order valence-corrected chi connectivity index (χ2v) is 10.3. The zero-order valence-corrected chi connectivity index (χ0v) is 18.7. The molecule has 2 aliphatic rings. The fourth-order valence-corrected chi connectivity index (χ4v) is 6.10. The summed E-state index contributed by atoms with van der Waals surface area (Å²) in [7, 11) is 0. The number of hydrogen-bond acceptors (Lipinski definition) is 3. The molecule has 3 nitrogen and oxygen atoms in total. The standard InChI is InChI=1S/C24H36F6O3/c1-19(2,32)11-6-12-20(3,13-7-15-22(33,23(25,26)27)24(28,29)30)18-10-9-16-17(31)8-5-14-21(16,18)4/h16-18,31-33H,5-6,8-14H2,1-4H3/t16-,17-,18+,20+,21-/m0/s1/i1D3,2D3. The van der Waals surface area contributed by atoms with E-state index in [-0.39, 0.29) is 24.7 Å². The monoisotopic (exact) mass is 492 g/mol. The summed E-state index contributed by atoms with van der Waals surface area (Å²) in [4.78, 5) is 0. The molecule has 0 heterocycles. The maximum atomic E-state index is 13.2. The van der Waals surface area contributed by atoms with Crippen LogP contribution in [0.4, 0.5) is 26.3 Å². The largest absolute Gasteiger partial charge is 0.438 e. The first-order valence-electron chi connectivity index (χ1n) is 14.0. The molecule has 2 fully saturated rings. The minimum absolute atomic E-state index is 0.0737. The average molecular weight is 493 g/mol. The van der Waals surface area contributed by atoms with Gasteiger partial charge in [0.25, 0.3) is 0 Å². The molecule has 0 bridgehead atoms. The lowest BCUT2D eigenvalue weighted by atomic mass is 9.56. The summed E-state index contributed by atoms with van der Waals surface area (Å²) in [6, 6.07) is 0. The number of aliphatic hydroxyl groups is 3. The highest BCUT2D eigenvalue weighted by Crippen LogP contribution is 2.62. The maximum Gasteiger partial charge on any atom is 0.438 e. The molecule has 9 heteroatoms. The molecular weight excluding hydrogens is 450 g/mol. The van der Waals surface area contributed by atoms with Gasteiger partial charge in [0, 0.05) is 14.6 Å². The molecule has 0 aliphatic heterocycles. The summed E-state index contributed by atoms with van der Waals surface area (Å²) in [5, 5.41) is 30.7. The summed E-state index contributed by atoms with van der Waals surface area (Å²) in [5.74, 6) is 2.33. The lowest BCUT2D eigenvalue weighted by Crippen LogP contribution is -2.55. The van der Waals surface area contributed by atoms with Crippen molar-refractivity contribution in [1.82, 2.24) is 0 Å². The number of aliphatic hydroxyl groups excluding tert-OH is 1. The lowest BCUT2D eigenvalue weighted by Gasteiger charge is -2.49. The molecule has 0 saturated heterocycles. The Bertz CT molecular complexity index is 910. The van der Waals surface area contributed by atoms with Gasteiger partial charge < -0.3 is 15.3 Å². The summed E-state index contributed by atoms with van der Waals surface area (Å²) in [6.07, 6.45) is -11.6. The molecule has 0 aromatic rings. The Morgan fingerprint density at radius 1 is 1.00 bits per heavy atom. The first kappa shape index (κ1) is 20.2. The lowest BCUT2D eigenvalue weighted by molar-refractivity contribution is -0.343. The maximum absolute atomic E-state index is 13.2. The minimum atomic E-state index is -6.12. The van der Waals surface area contributed by atoms with Crippen molar-refractivity contribution in [2.45, 2.75) is 115 Å². The van der Waals surface area contributed by atoms with Gasteiger partial charge in [0.1, 0.15) is 0 Å².